The molecule has 0 heterocycles. The molecule has 0 spiro atoms. The Hall–Kier alpha value is -0.0200. The first-order valence-corrected chi connectivity index (χ1v) is 6.94. The molecule has 4 heteroatoms. The summed E-state index contributed by atoms with van der Waals surface area (Å²) in [6, 6.07) is 0. The third-order valence-electron chi connectivity index (χ3n) is 3.09. The summed E-state index contributed by atoms with van der Waals surface area (Å²) >= 11 is 0. The molecule has 0 amide bonds. The summed E-state index contributed by atoms with van der Waals surface area (Å²) in [5, 5.41) is 0. The fraction of sp³-hybridized carbons (Fsp3) is 0.778. The summed E-state index contributed by atoms with van der Waals surface area (Å²) in [5.74, 6) is 0.510. The van der Waals surface area contributed by atoms with Gasteiger partial charge in [0.2, 0.25) is 9.05 Å². The van der Waals surface area contributed by atoms with Gasteiger partial charge in [0, 0.05) is 10.7 Å². The predicted octanol–water partition coefficient (Wildman–Crippen LogP) is 2.44. The molecule has 2 aliphatic rings. The van der Waals surface area contributed by atoms with Crippen LogP contribution in [0.15, 0.2) is 12.2 Å². The zero-order chi connectivity index (χ0) is 9.53. The molecule has 0 aromatic rings. The van der Waals surface area contributed by atoms with E-state index in [2.05, 4.69) is 12.2 Å². The maximum atomic E-state index is 11.2. The fourth-order valence-corrected chi connectivity index (χ4v) is 3.73. The van der Waals surface area contributed by atoms with E-state index in [-0.39, 0.29) is 0 Å². The van der Waals surface area contributed by atoms with Crippen molar-refractivity contribution in [3.8, 4) is 0 Å². The summed E-state index contributed by atoms with van der Waals surface area (Å²) in [6.45, 7) is 0. The molecule has 0 saturated heterocycles. The van der Waals surface area contributed by atoms with Gasteiger partial charge in [0.25, 0.3) is 0 Å². The van der Waals surface area contributed by atoms with Crippen LogP contribution in [0.4, 0.5) is 0 Å². The second-order valence-corrected chi connectivity index (χ2v) is 7.09. The van der Waals surface area contributed by atoms with E-state index in [1.54, 1.807) is 0 Å². The highest BCUT2D eigenvalue weighted by Crippen LogP contribution is 2.51. The molecule has 2 nitrogen and oxygen atoms in total. The summed E-state index contributed by atoms with van der Waals surface area (Å²) in [4.78, 5) is 0. The van der Waals surface area contributed by atoms with Crippen molar-refractivity contribution in [2.24, 2.45) is 5.92 Å². The number of halogens is 1. The van der Waals surface area contributed by atoms with Crippen molar-refractivity contribution in [1.29, 1.82) is 0 Å². The Morgan fingerprint density at radius 3 is 2.23 bits per heavy atom. The second kappa shape index (κ2) is 2.99. The number of rotatable bonds is 3. The Morgan fingerprint density at radius 2 is 1.85 bits per heavy atom. The molecule has 74 valence electrons. The monoisotopic (exact) mass is 220 g/mol. The molecule has 2 rings (SSSR count). The summed E-state index contributed by atoms with van der Waals surface area (Å²) in [5.41, 5.74) is 0. The van der Waals surface area contributed by atoms with Gasteiger partial charge in [-0.2, -0.15) is 0 Å². The van der Waals surface area contributed by atoms with Crippen LogP contribution in [0.5, 0.6) is 0 Å². The van der Waals surface area contributed by atoms with Crippen LogP contribution in [-0.2, 0) is 9.05 Å². The standard InChI is InChI=1S/C9H13ClO2S/c10-13(11,12)9(5-6-9)7-8-3-1-2-4-8/h1-2,8H,3-7H2. The van der Waals surface area contributed by atoms with Gasteiger partial charge in [0.1, 0.15) is 0 Å². The number of hydrogen-bond donors (Lipinski definition) is 0. The van der Waals surface area contributed by atoms with Crippen LogP contribution in [-0.4, -0.2) is 13.2 Å². The molecule has 0 bridgehead atoms. The highest BCUT2D eigenvalue weighted by molar-refractivity contribution is 8.15. The van der Waals surface area contributed by atoms with E-state index in [9.17, 15) is 8.42 Å². The van der Waals surface area contributed by atoms with E-state index in [4.69, 9.17) is 10.7 Å². The Morgan fingerprint density at radius 1 is 1.31 bits per heavy atom. The van der Waals surface area contributed by atoms with Crippen molar-refractivity contribution in [2.75, 3.05) is 0 Å². The maximum Gasteiger partial charge on any atom is 0.238 e. The van der Waals surface area contributed by atoms with Crippen molar-refractivity contribution in [2.45, 2.75) is 36.9 Å². The van der Waals surface area contributed by atoms with Crippen LogP contribution in [0.2, 0.25) is 0 Å². The molecule has 1 saturated carbocycles. The Balaban J connectivity index is 2.02. The Kier molecular flexibility index (Phi) is 2.19. The topological polar surface area (TPSA) is 34.1 Å². The molecule has 0 N–H and O–H groups in total. The summed E-state index contributed by atoms with van der Waals surface area (Å²) in [6.07, 6.45) is 8.57. The fourth-order valence-electron chi connectivity index (χ4n) is 2.05. The van der Waals surface area contributed by atoms with Gasteiger partial charge in [0.15, 0.2) is 0 Å². The summed E-state index contributed by atoms with van der Waals surface area (Å²) < 4.78 is 21.9. The first-order valence-electron chi connectivity index (χ1n) is 4.63. The minimum absolute atomic E-state index is 0.510. The SMILES string of the molecule is O=S(=O)(Cl)C1(CC2CC=CC2)CC1. The molecule has 0 radical (unpaired) electrons. The van der Waals surface area contributed by atoms with Crippen LogP contribution in [0.3, 0.4) is 0 Å². The van der Waals surface area contributed by atoms with E-state index in [1.807, 2.05) is 0 Å². The lowest BCUT2D eigenvalue weighted by Gasteiger charge is -2.15. The minimum atomic E-state index is -3.33. The third kappa shape index (κ3) is 1.77. The molecule has 0 aliphatic heterocycles. The molecular formula is C9H13ClO2S. The predicted molar refractivity (Wildman–Crippen MR) is 53.2 cm³/mol. The van der Waals surface area contributed by atoms with Crippen molar-refractivity contribution >= 4 is 19.7 Å². The van der Waals surface area contributed by atoms with E-state index < -0.39 is 13.8 Å². The number of allylic oxidation sites excluding steroid dienone is 2. The first kappa shape index (κ1) is 9.53. The molecule has 0 aromatic heterocycles. The van der Waals surface area contributed by atoms with Crippen molar-refractivity contribution in [3.63, 3.8) is 0 Å². The Labute approximate surface area is 83.4 Å². The highest BCUT2D eigenvalue weighted by Gasteiger charge is 2.54. The van der Waals surface area contributed by atoms with Crippen LogP contribution in [0.1, 0.15) is 32.1 Å². The minimum Gasteiger partial charge on any atom is -0.212 e. The molecule has 0 aromatic carbocycles. The second-order valence-electron chi connectivity index (χ2n) is 4.13. The van der Waals surface area contributed by atoms with E-state index >= 15 is 0 Å². The van der Waals surface area contributed by atoms with Crippen LogP contribution < -0.4 is 0 Å². The van der Waals surface area contributed by atoms with Crippen LogP contribution in [0, 0.1) is 5.92 Å². The summed E-state index contributed by atoms with van der Waals surface area (Å²) in [7, 11) is 2.08. The van der Waals surface area contributed by atoms with Gasteiger partial charge in [-0.1, -0.05) is 12.2 Å². The molecule has 0 unspecified atom stereocenters. The van der Waals surface area contributed by atoms with Crippen LogP contribution >= 0.6 is 10.7 Å². The smallest absolute Gasteiger partial charge is 0.212 e. The lowest BCUT2D eigenvalue weighted by molar-refractivity contribution is 0.485. The van der Waals surface area contributed by atoms with E-state index in [1.165, 1.54) is 0 Å². The normalized spacial score (nSPS) is 26.5. The molecular weight excluding hydrogens is 208 g/mol. The number of hydrogen-bond acceptors (Lipinski definition) is 2. The van der Waals surface area contributed by atoms with Crippen molar-refractivity contribution in [3.05, 3.63) is 12.2 Å². The van der Waals surface area contributed by atoms with Crippen molar-refractivity contribution < 1.29 is 8.42 Å². The van der Waals surface area contributed by atoms with Gasteiger partial charge in [-0.3, -0.25) is 0 Å². The lowest BCUT2D eigenvalue weighted by Crippen LogP contribution is -2.21. The average Bonchev–Trinajstić information content (AvgIpc) is 2.59. The van der Waals surface area contributed by atoms with Gasteiger partial charge in [-0.15, -0.1) is 0 Å². The quantitative estimate of drug-likeness (QED) is 0.541. The Bertz CT molecular complexity index is 320. The third-order valence-corrected chi connectivity index (χ3v) is 5.68. The molecule has 13 heavy (non-hydrogen) atoms. The van der Waals surface area contributed by atoms with Gasteiger partial charge < -0.3 is 0 Å². The van der Waals surface area contributed by atoms with Gasteiger partial charge in [0.05, 0.1) is 4.75 Å². The van der Waals surface area contributed by atoms with Gasteiger partial charge >= 0.3 is 0 Å². The van der Waals surface area contributed by atoms with E-state index in [0.29, 0.717) is 5.92 Å². The molecule has 0 atom stereocenters. The first-order chi connectivity index (χ1) is 6.04. The zero-order valence-electron chi connectivity index (χ0n) is 7.37. The lowest BCUT2D eigenvalue weighted by atomic mass is 10.00. The molecule has 2 aliphatic carbocycles. The molecule has 1 fully saturated rings. The largest absolute Gasteiger partial charge is 0.238 e. The van der Waals surface area contributed by atoms with E-state index in [0.717, 1.165) is 32.1 Å². The van der Waals surface area contributed by atoms with Gasteiger partial charge in [-0.05, 0) is 38.0 Å². The zero-order valence-corrected chi connectivity index (χ0v) is 8.94. The van der Waals surface area contributed by atoms with Gasteiger partial charge in [-0.25, -0.2) is 8.42 Å². The van der Waals surface area contributed by atoms with Crippen LogP contribution in [0.25, 0.3) is 0 Å². The van der Waals surface area contributed by atoms with Crippen molar-refractivity contribution in [1.82, 2.24) is 0 Å². The maximum absolute atomic E-state index is 11.2. The average molecular weight is 221 g/mol. The highest BCUT2D eigenvalue weighted by atomic mass is 35.7.